The summed E-state index contributed by atoms with van der Waals surface area (Å²) in [7, 11) is -5.39. The maximum absolute atomic E-state index is 8.55. The maximum atomic E-state index is 8.55. The predicted molar refractivity (Wildman–Crippen MR) is 8.98 cm³/mol. The van der Waals surface area contributed by atoms with Crippen LogP contribution in [0.1, 0.15) is 0 Å². The molecule has 0 aliphatic heterocycles. The summed E-state index contributed by atoms with van der Waals surface area (Å²) in [6.07, 6.45) is 0. The van der Waals surface area contributed by atoms with E-state index in [0.29, 0.717) is 0 Å². The molecule has 0 heterocycles. The summed E-state index contributed by atoms with van der Waals surface area (Å²) in [5.41, 5.74) is 0. The van der Waals surface area contributed by atoms with E-state index in [2.05, 4.69) is 0 Å². The molecule has 0 amide bonds. The van der Waals surface area contributed by atoms with Crippen molar-refractivity contribution in [1.82, 2.24) is 0 Å². The Bertz CT molecular complexity index is 57.2. The van der Waals surface area contributed by atoms with Gasteiger partial charge in [0.1, 0.15) is 0 Å². The molecule has 0 fully saturated rings. The van der Waals surface area contributed by atoms with Crippen molar-refractivity contribution in [3.63, 3.8) is 0 Å². The first-order valence-corrected chi connectivity index (χ1v) is 2.19. The molecule has 0 atom stereocenters. The van der Waals surface area contributed by atoms with E-state index < -0.39 is 7.82 Å². The Balaban J connectivity index is -0.0000000133. The molecule has 0 bridgehead atoms. The Morgan fingerprint density at radius 1 is 0.889 bits per heavy atom. The van der Waals surface area contributed by atoms with Gasteiger partial charge in [0.05, 0.1) is 0 Å². The topological polar surface area (TPSA) is 143 Å². The van der Waals surface area contributed by atoms with Gasteiger partial charge in [-0.05, 0) is 0 Å². The predicted octanol–water partition coefficient (Wildman–Crippen LogP) is -3.07. The zero-order valence-corrected chi connectivity index (χ0v) is 7.91. The molecule has 0 rings (SSSR count). The third-order valence-corrected chi connectivity index (χ3v) is 0. The average Bonchev–Trinajstić information content (AvgIpc) is 0.722. The van der Waals surface area contributed by atoms with Crippen LogP contribution in [-0.2, 0) is 59.0 Å². The molecule has 0 saturated heterocycles. The monoisotopic (exact) mass is 223 g/mol. The molecule has 6 nitrogen and oxygen atoms in total. The summed E-state index contributed by atoms with van der Waals surface area (Å²) in [4.78, 5) is 25.6. The van der Waals surface area contributed by atoms with Crippen molar-refractivity contribution in [3.05, 3.63) is 0 Å². The fraction of sp³-hybridized carbons (Fsp3) is 0. The zero-order valence-electron chi connectivity index (χ0n) is 3.90. The molecular weight excluding hydrogens is 223 g/mol. The molecule has 0 aromatic carbocycles. The fourth-order valence-corrected chi connectivity index (χ4v) is 0. The quantitative estimate of drug-likeness (QED) is 0.316. The summed E-state index contributed by atoms with van der Waals surface area (Å²) in [6.45, 7) is 0. The molecule has 9 heteroatoms. The second-order valence-corrected chi connectivity index (χ2v) is 1.34. The summed E-state index contributed by atoms with van der Waals surface area (Å²) in [5, 5.41) is 0. The van der Waals surface area contributed by atoms with Crippen LogP contribution in [0.15, 0.2) is 0 Å². The molecule has 9 heavy (non-hydrogen) atoms. The SMILES string of the molecule is O=P([O-])([O-])[O-].[O-2].[O-2].[Ti+4].[Ti+4]. The van der Waals surface area contributed by atoms with Crippen LogP contribution in [-0.4, -0.2) is 0 Å². The van der Waals surface area contributed by atoms with Crippen molar-refractivity contribution in [1.29, 1.82) is 0 Å². The molecule has 0 aromatic rings. The van der Waals surface area contributed by atoms with Gasteiger partial charge in [-0.1, -0.05) is 0 Å². The maximum Gasteiger partial charge on any atom is 4.00 e. The van der Waals surface area contributed by atoms with E-state index in [-0.39, 0.29) is 54.4 Å². The van der Waals surface area contributed by atoms with Crippen LogP contribution in [0, 0.1) is 0 Å². The molecule has 0 N–H and O–H groups in total. The van der Waals surface area contributed by atoms with Crippen molar-refractivity contribution in [2.24, 2.45) is 0 Å². The van der Waals surface area contributed by atoms with Gasteiger partial charge in [0.25, 0.3) is 0 Å². The van der Waals surface area contributed by atoms with Crippen molar-refractivity contribution >= 4 is 7.82 Å². The normalized spacial score (nSPS) is 6.56. The third-order valence-electron chi connectivity index (χ3n) is 0. The second kappa shape index (κ2) is 12.2. The van der Waals surface area contributed by atoms with Crippen LogP contribution < -0.4 is 14.7 Å². The third kappa shape index (κ3) is 247. The van der Waals surface area contributed by atoms with Crippen molar-refractivity contribution < 1.29 is 73.6 Å². The van der Waals surface area contributed by atoms with Crippen LogP contribution in [0.25, 0.3) is 0 Å². The summed E-state index contributed by atoms with van der Waals surface area (Å²) < 4.78 is 8.55. The van der Waals surface area contributed by atoms with E-state index in [1.165, 1.54) is 0 Å². The second-order valence-electron chi connectivity index (χ2n) is 0.447. The minimum atomic E-state index is -5.39. The van der Waals surface area contributed by atoms with E-state index in [0.717, 1.165) is 0 Å². The van der Waals surface area contributed by atoms with Crippen molar-refractivity contribution in [3.8, 4) is 0 Å². The Kier molecular flexibility index (Phi) is 42.4. The van der Waals surface area contributed by atoms with E-state index in [1.54, 1.807) is 0 Å². The Labute approximate surface area is 81.3 Å². The van der Waals surface area contributed by atoms with Gasteiger partial charge in [-0.15, -0.1) is 0 Å². The molecule has 0 unspecified atom stereocenters. The number of phosphoric acid groups is 1. The van der Waals surface area contributed by atoms with Crippen LogP contribution in [0.4, 0.5) is 0 Å². The van der Waals surface area contributed by atoms with Gasteiger partial charge in [0.2, 0.25) is 0 Å². The molecular formula is O6PTi2+. The first-order valence-electron chi connectivity index (χ1n) is 0.730. The minimum Gasteiger partial charge on any atom is -2.00 e. The van der Waals surface area contributed by atoms with E-state index in [1.807, 2.05) is 0 Å². The Morgan fingerprint density at radius 2 is 0.889 bits per heavy atom. The molecule has 0 spiro atoms. The van der Waals surface area contributed by atoms with Crippen molar-refractivity contribution in [2.75, 3.05) is 0 Å². The van der Waals surface area contributed by atoms with Gasteiger partial charge in [0.15, 0.2) is 0 Å². The van der Waals surface area contributed by atoms with Crippen molar-refractivity contribution in [2.45, 2.75) is 0 Å². The summed E-state index contributed by atoms with van der Waals surface area (Å²) >= 11 is 0. The average molecular weight is 223 g/mol. The largest absolute Gasteiger partial charge is 4.00 e. The van der Waals surface area contributed by atoms with E-state index in [4.69, 9.17) is 19.2 Å². The molecule has 48 valence electrons. The molecule has 0 saturated carbocycles. The van der Waals surface area contributed by atoms with E-state index >= 15 is 0 Å². The fourth-order valence-electron chi connectivity index (χ4n) is 0. The van der Waals surface area contributed by atoms with Gasteiger partial charge in [-0.2, -0.15) is 7.82 Å². The van der Waals surface area contributed by atoms with Gasteiger partial charge < -0.3 is 30.2 Å². The smallest absolute Gasteiger partial charge is 2.00 e. The standard InChI is InChI=1S/H3O4P.2O.2Ti/c1-5(2,3)4;;;;/h(H3,1,2,3,4);;;;/q;2*-2;2*+4/p-3. The van der Waals surface area contributed by atoms with Gasteiger partial charge in [-0.25, -0.2) is 0 Å². The number of hydrogen-bond donors (Lipinski definition) is 0. The van der Waals surface area contributed by atoms with Gasteiger partial charge >= 0.3 is 43.4 Å². The first-order chi connectivity index (χ1) is 2.00. The van der Waals surface area contributed by atoms with Gasteiger partial charge in [0, 0.05) is 0 Å². The van der Waals surface area contributed by atoms with Gasteiger partial charge in [-0.3, -0.25) is 0 Å². The van der Waals surface area contributed by atoms with Crippen LogP contribution in [0.5, 0.6) is 0 Å². The Morgan fingerprint density at radius 3 is 0.889 bits per heavy atom. The number of hydrogen-bond acceptors (Lipinski definition) is 4. The zero-order chi connectivity index (χ0) is 4.50. The molecule has 0 aliphatic carbocycles. The molecule has 0 aliphatic rings. The van der Waals surface area contributed by atoms with Crippen LogP contribution >= 0.6 is 7.82 Å². The Hall–Kier alpha value is 1.46. The summed E-state index contributed by atoms with van der Waals surface area (Å²) in [6, 6.07) is 0. The van der Waals surface area contributed by atoms with Crippen LogP contribution in [0.2, 0.25) is 0 Å². The first kappa shape index (κ1) is 31.4. The van der Waals surface area contributed by atoms with E-state index in [9.17, 15) is 0 Å². The van der Waals surface area contributed by atoms with Crippen LogP contribution in [0.3, 0.4) is 0 Å². The summed E-state index contributed by atoms with van der Waals surface area (Å²) in [5.74, 6) is 0. The number of rotatable bonds is 0. The minimum absolute atomic E-state index is 0. The molecule has 0 radical (unpaired) electrons. The molecule has 0 aromatic heterocycles.